The Hall–Kier alpha value is -1.94. The van der Waals surface area contributed by atoms with Crippen LogP contribution in [0.2, 0.25) is 0 Å². The molecule has 0 spiro atoms. The van der Waals surface area contributed by atoms with Gasteiger partial charge in [-0.25, -0.2) is 14.2 Å². The van der Waals surface area contributed by atoms with E-state index >= 15 is 0 Å². The van der Waals surface area contributed by atoms with E-state index in [2.05, 4.69) is 9.97 Å². The van der Waals surface area contributed by atoms with Crippen molar-refractivity contribution in [2.75, 3.05) is 0 Å². The van der Waals surface area contributed by atoms with Crippen molar-refractivity contribution in [2.45, 2.75) is 0 Å². The number of hydrogen-bond donors (Lipinski definition) is 2. The van der Waals surface area contributed by atoms with Crippen LogP contribution >= 0.6 is 0 Å². The van der Waals surface area contributed by atoms with Gasteiger partial charge in [0.05, 0.1) is 22.1 Å². The van der Waals surface area contributed by atoms with Crippen molar-refractivity contribution < 1.29 is 21.7 Å². The molecule has 2 aromatic carbocycles. The van der Waals surface area contributed by atoms with E-state index in [9.17, 15) is 12.6 Å². The van der Waals surface area contributed by atoms with Crippen molar-refractivity contribution in [2.24, 2.45) is 0 Å². The third kappa shape index (κ3) is 4.02. The van der Waals surface area contributed by atoms with Gasteiger partial charge in [0, 0.05) is 0 Å². The SMILES string of the molecule is O=S(O)S(=O)(=O)O.c1ccc2nc3ccccc3nc2c1. The van der Waals surface area contributed by atoms with Crippen LogP contribution in [0.25, 0.3) is 22.1 Å². The van der Waals surface area contributed by atoms with E-state index in [1.807, 2.05) is 48.5 Å². The maximum atomic E-state index is 9.34. The predicted molar refractivity (Wildman–Crippen MR) is 79.4 cm³/mol. The molecule has 3 rings (SSSR count). The maximum Gasteiger partial charge on any atom is 0.373 e. The average Bonchev–Trinajstić information content (AvgIpc) is 2.44. The molecule has 110 valence electrons. The lowest BCUT2D eigenvalue weighted by Crippen LogP contribution is -2.03. The number of para-hydroxylation sites is 4. The van der Waals surface area contributed by atoms with Crippen LogP contribution in [0.5, 0.6) is 0 Å². The molecule has 0 radical (unpaired) electrons. The fourth-order valence-corrected chi connectivity index (χ4v) is 1.57. The molecule has 1 atom stereocenters. The Kier molecular flexibility index (Phi) is 4.58. The number of fused-ring (bicyclic) bond motifs is 2. The van der Waals surface area contributed by atoms with Crippen LogP contribution in [-0.2, 0) is 19.3 Å². The van der Waals surface area contributed by atoms with Crippen LogP contribution in [-0.4, -0.2) is 31.7 Å². The first kappa shape index (κ1) is 15.4. The summed E-state index contributed by atoms with van der Waals surface area (Å²) in [6.45, 7) is 0. The first-order valence-corrected chi connectivity index (χ1v) is 8.64. The fourth-order valence-electron chi connectivity index (χ4n) is 1.57. The zero-order chi connectivity index (χ0) is 15.5. The number of benzene rings is 2. The van der Waals surface area contributed by atoms with Crippen molar-refractivity contribution in [3.05, 3.63) is 48.5 Å². The summed E-state index contributed by atoms with van der Waals surface area (Å²) < 4.78 is 43.0. The summed E-state index contributed by atoms with van der Waals surface area (Å²) >= 11 is 0. The molecule has 1 unspecified atom stereocenters. The van der Waals surface area contributed by atoms with Gasteiger partial charge in [0.15, 0.2) is 0 Å². The Balaban J connectivity index is 0.000000199. The highest BCUT2D eigenvalue weighted by Crippen LogP contribution is 2.14. The van der Waals surface area contributed by atoms with Gasteiger partial charge >= 0.3 is 19.3 Å². The molecule has 0 saturated heterocycles. The van der Waals surface area contributed by atoms with Gasteiger partial charge in [0.1, 0.15) is 0 Å². The maximum absolute atomic E-state index is 9.34. The topological polar surface area (TPSA) is 117 Å². The van der Waals surface area contributed by atoms with Crippen molar-refractivity contribution in [3.63, 3.8) is 0 Å². The second-order valence-electron chi connectivity index (χ2n) is 3.85. The largest absolute Gasteiger partial charge is 0.373 e. The molecule has 0 aliphatic rings. The van der Waals surface area contributed by atoms with Gasteiger partial charge in [-0.05, 0) is 24.3 Å². The van der Waals surface area contributed by atoms with Crippen LogP contribution in [0.4, 0.5) is 0 Å². The first-order chi connectivity index (χ1) is 9.88. The summed E-state index contributed by atoms with van der Waals surface area (Å²) in [7, 11) is -7.87. The minimum atomic E-state index is -4.71. The van der Waals surface area contributed by atoms with Gasteiger partial charge in [-0.1, -0.05) is 24.3 Å². The summed E-state index contributed by atoms with van der Waals surface area (Å²) in [4.78, 5) is 9.03. The Labute approximate surface area is 122 Å². The monoisotopic (exact) mass is 326 g/mol. The van der Waals surface area contributed by atoms with E-state index in [1.54, 1.807) is 0 Å². The van der Waals surface area contributed by atoms with Crippen molar-refractivity contribution in [1.82, 2.24) is 9.97 Å². The van der Waals surface area contributed by atoms with E-state index in [1.165, 1.54) is 0 Å². The zero-order valence-corrected chi connectivity index (χ0v) is 12.1. The molecule has 0 aliphatic heterocycles. The minimum Gasteiger partial charge on any atom is -0.292 e. The molecule has 3 aromatic rings. The van der Waals surface area contributed by atoms with Crippen molar-refractivity contribution in [3.8, 4) is 0 Å². The van der Waals surface area contributed by atoms with Crippen molar-refractivity contribution >= 4 is 41.3 Å². The zero-order valence-electron chi connectivity index (χ0n) is 10.4. The quantitative estimate of drug-likeness (QED) is 0.303. The molecular weight excluding hydrogens is 316 g/mol. The third-order valence-corrected chi connectivity index (χ3v) is 3.87. The molecule has 21 heavy (non-hydrogen) atoms. The van der Waals surface area contributed by atoms with Crippen LogP contribution in [0.3, 0.4) is 0 Å². The summed E-state index contributed by atoms with van der Waals surface area (Å²) in [5, 5.41) is 0. The van der Waals surface area contributed by atoms with Gasteiger partial charge in [-0.2, -0.15) is 8.42 Å². The lowest BCUT2D eigenvalue weighted by atomic mass is 10.2. The molecule has 9 heteroatoms. The molecule has 0 bridgehead atoms. The number of nitrogens with zero attached hydrogens (tertiary/aromatic N) is 2. The summed E-state index contributed by atoms with van der Waals surface area (Å²) in [6, 6.07) is 15.8. The Morgan fingerprint density at radius 1 is 0.810 bits per heavy atom. The molecular formula is C12H10N2O5S2. The fraction of sp³-hybridized carbons (Fsp3) is 0. The van der Waals surface area contributed by atoms with E-state index in [0.717, 1.165) is 22.1 Å². The molecule has 1 aromatic heterocycles. The number of hydrogen-bond acceptors (Lipinski definition) is 5. The molecule has 0 aliphatic carbocycles. The van der Waals surface area contributed by atoms with Gasteiger partial charge in [-0.3, -0.25) is 9.11 Å². The second kappa shape index (κ2) is 6.22. The number of rotatable bonds is 1. The molecule has 0 fully saturated rings. The Morgan fingerprint density at radius 3 is 1.24 bits per heavy atom. The summed E-state index contributed by atoms with van der Waals surface area (Å²) in [6.07, 6.45) is 0. The molecule has 2 N–H and O–H groups in total. The summed E-state index contributed by atoms with van der Waals surface area (Å²) in [5.74, 6) is 0. The predicted octanol–water partition coefficient (Wildman–Crippen LogP) is 1.79. The molecule has 1 heterocycles. The van der Waals surface area contributed by atoms with Gasteiger partial charge in [-0.15, -0.1) is 0 Å². The average molecular weight is 326 g/mol. The Bertz CT molecular complexity index is 807. The smallest absolute Gasteiger partial charge is 0.292 e. The van der Waals surface area contributed by atoms with Gasteiger partial charge < -0.3 is 0 Å². The van der Waals surface area contributed by atoms with Crippen LogP contribution in [0.1, 0.15) is 0 Å². The van der Waals surface area contributed by atoms with E-state index < -0.39 is 19.3 Å². The second-order valence-corrected chi connectivity index (χ2v) is 7.25. The number of aromatic nitrogens is 2. The third-order valence-electron chi connectivity index (χ3n) is 2.43. The van der Waals surface area contributed by atoms with Crippen LogP contribution in [0, 0.1) is 0 Å². The molecule has 0 saturated carbocycles. The van der Waals surface area contributed by atoms with Crippen molar-refractivity contribution in [1.29, 1.82) is 0 Å². The van der Waals surface area contributed by atoms with E-state index in [4.69, 9.17) is 9.11 Å². The molecule has 0 amide bonds. The lowest BCUT2D eigenvalue weighted by molar-refractivity contribution is 0.488. The van der Waals surface area contributed by atoms with E-state index in [0.29, 0.717) is 0 Å². The molecule has 7 nitrogen and oxygen atoms in total. The minimum absolute atomic E-state index is 0.950. The van der Waals surface area contributed by atoms with Crippen LogP contribution < -0.4 is 0 Å². The van der Waals surface area contributed by atoms with E-state index in [-0.39, 0.29) is 0 Å². The van der Waals surface area contributed by atoms with Crippen LogP contribution in [0.15, 0.2) is 48.5 Å². The first-order valence-electron chi connectivity index (χ1n) is 5.58. The highest BCUT2D eigenvalue weighted by atomic mass is 33.2. The lowest BCUT2D eigenvalue weighted by Gasteiger charge is -1.98. The highest BCUT2D eigenvalue weighted by Gasteiger charge is 2.10. The highest BCUT2D eigenvalue weighted by molar-refractivity contribution is 8.59. The normalized spacial score (nSPS) is 12.7. The van der Waals surface area contributed by atoms with Gasteiger partial charge in [0.25, 0.3) is 0 Å². The summed E-state index contributed by atoms with van der Waals surface area (Å²) in [5.41, 5.74) is 3.80. The standard InChI is InChI=1S/C12H8N2.H2O5S2/c1-2-6-10-9(5-1)13-11-7-3-4-8-12(11)14-10;1-6(2)7(3,4)5/h1-8H;(H,1,2)(H,3,4,5). The van der Waals surface area contributed by atoms with Gasteiger partial charge in [0.2, 0.25) is 0 Å². The Morgan fingerprint density at radius 2 is 1.05 bits per heavy atom.